The van der Waals surface area contributed by atoms with Gasteiger partial charge in [0, 0.05) is 17.6 Å². The molecule has 0 saturated carbocycles. The molecule has 0 fully saturated rings. The molecule has 0 aromatic heterocycles. The van der Waals surface area contributed by atoms with Gasteiger partial charge in [-0.3, -0.25) is 0 Å². The lowest BCUT2D eigenvalue weighted by Gasteiger charge is -2.12. The van der Waals surface area contributed by atoms with Crippen LogP contribution < -0.4 is 10.5 Å². The number of rotatable bonds is 4. The summed E-state index contributed by atoms with van der Waals surface area (Å²) in [5.74, 6) is 0. The monoisotopic (exact) mass is 298 g/mol. The average Bonchev–Trinajstić information content (AvgIpc) is 2.21. The normalized spacial score (nSPS) is 12.9. The Kier molecular flexibility index (Phi) is 6.43. The molecule has 0 aliphatic heterocycles. The maximum absolute atomic E-state index is 11.8. The van der Waals surface area contributed by atoms with Gasteiger partial charge < -0.3 is 5.73 Å². The van der Waals surface area contributed by atoms with Crippen LogP contribution in [0.15, 0.2) is 23.1 Å². The molecule has 4 nitrogen and oxygen atoms in total. The van der Waals surface area contributed by atoms with E-state index in [2.05, 4.69) is 4.72 Å². The Morgan fingerprint density at radius 1 is 1.47 bits per heavy atom. The number of nitrogens with one attached hydrogen (secondary N) is 1. The molecule has 1 aromatic rings. The SMILES string of the molecule is Cc1ccc(S(=O)(=O)N[C@@H](C)CN)cc1Cl.Cl. The molecule has 1 aromatic carbocycles. The molecule has 1 atom stereocenters. The topological polar surface area (TPSA) is 72.2 Å². The Morgan fingerprint density at radius 2 is 2.06 bits per heavy atom. The quantitative estimate of drug-likeness (QED) is 0.888. The van der Waals surface area contributed by atoms with Gasteiger partial charge in [0.05, 0.1) is 4.90 Å². The number of nitrogens with two attached hydrogens (primary N) is 1. The predicted octanol–water partition coefficient (Wildman–Crippen LogP) is 1.70. The number of hydrogen-bond donors (Lipinski definition) is 2. The van der Waals surface area contributed by atoms with Gasteiger partial charge >= 0.3 is 0 Å². The summed E-state index contributed by atoms with van der Waals surface area (Å²) in [6.07, 6.45) is 0. The Hall–Kier alpha value is -0.330. The third-order valence-electron chi connectivity index (χ3n) is 2.16. The summed E-state index contributed by atoms with van der Waals surface area (Å²) in [7, 11) is -3.53. The summed E-state index contributed by atoms with van der Waals surface area (Å²) in [5.41, 5.74) is 6.20. The fourth-order valence-electron chi connectivity index (χ4n) is 1.12. The van der Waals surface area contributed by atoms with Crippen LogP contribution in [0, 0.1) is 6.92 Å². The number of sulfonamides is 1. The largest absolute Gasteiger partial charge is 0.329 e. The number of halogens is 2. The van der Waals surface area contributed by atoms with E-state index < -0.39 is 10.0 Å². The summed E-state index contributed by atoms with van der Waals surface area (Å²) in [4.78, 5) is 0.156. The Morgan fingerprint density at radius 3 is 2.53 bits per heavy atom. The highest BCUT2D eigenvalue weighted by Crippen LogP contribution is 2.19. The Balaban J connectivity index is 0.00000256. The standard InChI is InChI=1S/C10H15ClN2O2S.ClH/c1-7-3-4-9(5-10(7)11)16(14,15)13-8(2)6-12;/h3-5,8,13H,6,12H2,1-2H3;1H/t8-;/m0./s1. The molecule has 0 amide bonds. The first-order valence-corrected chi connectivity index (χ1v) is 6.71. The van der Waals surface area contributed by atoms with E-state index >= 15 is 0 Å². The molecular formula is C10H16Cl2N2O2S. The van der Waals surface area contributed by atoms with Gasteiger partial charge in [-0.2, -0.15) is 0 Å². The van der Waals surface area contributed by atoms with Crippen LogP contribution in [-0.2, 0) is 10.0 Å². The van der Waals surface area contributed by atoms with E-state index in [1.165, 1.54) is 12.1 Å². The van der Waals surface area contributed by atoms with Crippen molar-refractivity contribution in [3.05, 3.63) is 28.8 Å². The van der Waals surface area contributed by atoms with E-state index in [-0.39, 0.29) is 29.9 Å². The first kappa shape index (κ1) is 16.7. The van der Waals surface area contributed by atoms with Crippen molar-refractivity contribution in [3.63, 3.8) is 0 Å². The fourth-order valence-corrected chi connectivity index (χ4v) is 2.65. The van der Waals surface area contributed by atoms with Crippen molar-refractivity contribution < 1.29 is 8.42 Å². The second kappa shape index (κ2) is 6.56. The minimum absolute atomic E-state index is 0. The fraction of sp³-hybridized carbons (Fsp3) is 0.400. The minimum atomic E-state index is -3.53. The van der Waals surface area contributed by atoms with Crippen molar-refractivity contribution >= 4 is 34.0 Å². The molecule has 17 heavy (non-hydrogen) atoms. The lowest BCUT2D eigenvalue weighted by Crippen LogP contribution is -2.37. The number of hydrogen-bond acceptors (Lipinski definition) is 3. The third-order valence-corrected chi connectivity index (χ3v) is 4.16. The molecule has 0 spiro atoms. The van der Waals surface area contributed by atoms with E-state index in [1.807, 2.05) is 6.92 Å². The van der Waals surface area contributed by atoms with Gasteiger partial charge in [0.2, 0.25) is 10.0 Å². The van der Waals surface area contributed by atoms with Crippen LogP contribution in [0.2, 0.25) is 5.02 Å². The highest BCUT2D eigenvalue weighted by molar-refractivity contribution is 7.89. The summed E-state index contributed by atoms with van der Waals surface area (Å²) < 4.78 is 26.1. The smallest absolute Gasteiger partial charge is 0.240 e. The van der Waals surface area contributed by atoms with Crippen LogP contribution in [0.4, 0.5) is 0 Å². The van der Waals surface area contributed by atoms with Crippen LogP contribution in [0.3, 0.4) is 0 Å². The van der Waals surface area contributed by atoms with Gasteiger partial charge in [-0.1, -0.05) is 17.7 Å². The van der Waals surface area contributed by atoms with Crippen molar-refractivity contribution in [3.8, 4) is 0 Å². The van der Waals surface area contributed by atoms with Crippen LogP contribution in [-0.4, -0.2) is 21.0 Å². The van der Waals surface area contributed by atoms with Crippen LogP contribution >= 0.6 is 24.0 Å². The van der Waals surface area contributed by atoms with Gasteiger partial charge in [-0.25, -0.2) is 13.1 Å². The Labute approximate surface area is 113 Å². The molecule has 0 heterocycles. The molecule has 1 rings (SSSR count). The molecular weight excluding hydrogens is 283 g/mol. The van der Waals surface area contributed by atoms with Crippen molar-refractivity contribution in [2.75, 3.05) is 6.54 Å². The molecule has 3 N–H and O–H groups in total. The molecule has 0 aliphatic rings. The average molecular weight is 299 g/mol. The van der Waals surface area contributed by atoms with Gasteiger partial charge in [0.15, 0.2) is 0 Å². The zero-order valence-electron chi connectivity index (χ0n) is 9.60. The molecule has 7 heteroatoms. The lowest BCUT2D eigenvalue weighted by atomic mass is 10.2. The van der Waals surface area contributed by atoms with Gasteiger partial charge in [0.25, 0.3) is 0 Å². The second-order valence-corrected chi connectivity index (χ2v) is 5.79. The van der Waals surface area contributed by atoms with E-state index in [0.29, 0.717) is 5.02 Å². The van der Waals surface area contributed by atoms with Crippen molar-refractivity contribution in [2.24, 2.45) is 5.73 Å². The highest BCUT2D eigenvalue weighted by Gasteiger charge is 2.17. The maximum atomic E-state index is 11.8. The number of benzene rings is 1. The zero-order chi connectivity index (χ0) is 12.3. The van der Waals surface area contributed by atoms with Gasteiger partial charge in [-0.05, 0) is 31.5 Å². The minimum Gasteiger partial charge on any atom is -0.329 e. The van der Waals surface area contributed by atoms with E-state index in [9.17, 15) is 8.42 Å². The summed E-state index contributed by atoms with van der Waals surface area (Å²) in [5, 5.41) is 0.434. The summed E-state index contributed by atoms with van der Waals surface area (Å²) in [6.45, 7) is 3.76. The first-order valence-electron chi connectivity index (χ1n) is 4.85. The highest BCUT2D eigenvalue weighted by atomic mass is 35.5. The number of aryl methyl sites for hydroxylation is 1. The second-order valence-electron chi connectivity index (χ2n) is 3.67. The molecule has 0 saturated heterocycles. The third kappa shape index (κ3) is 4.44. The summed E-state index contributed by atoms with van der Waals surface area (Å²) >= 11 is 5.87. The van der Waals surface area contributed by atoms with Crippen LogP contribution in [0.5, 0.6) is 0 Å². The van der Waals surface area contributed by atoms with Gasteiger partial charge in [-0.15, -0.1) is 12.4 Å². The molecule has 0 aliphatic carbocycles. The van der Waals surface area contributed by atoms with E-state index in [1.54, 1.807) is 13.0 Å². The van der Waals surface area contributed by atoms with Crippen molar-refractivity contribution in [2.45, 2.75) is 24.8 Å². The van der Waals surface area contributed by atoms with Crippen molar-refractivity contribution in [1.82, 2.24) is 4.72 Å². The molecule has 0 bridgehead atoms. The van der Waals surface area contributed by atoms with E-state index in [4.69, 9.17) is 17.3 Å². The molecule has 0 radical (unpaired) electrons. The summed E-state index contributed by atoms with van der Waals surface area (Å²) in [6, 6.07) is 4.32. The van der Waals surface area contributed by atoms with Crippen molar-refractivity contribution in [1.29, 1.82) is 0 Å². The van der Waals surface area contributed by atoms with Gasteiger partial charge in [0.1, 0.15) is 0 Å². The van der Waals surface area contributed by atoms with Crippen LogP contribution in [0.25, 0.3) is 0 Å². The molecule has 98 valence electrons. The molecule has 0 unspecified atom stereocenters. The first-order chi connectivity index (χ1) is 7.36. The van der Waals surface area contributed by atoms with E-state index in [0.717, 1.165) is 5.56 Å². The van der Waals surface area contributed by atoms with Crippen LogP contribution in [0.1, 0.15) is 12.5 Å². The lowest BCUT2D eigenvalue weighted by molar-refractivity contribution is 0.562. The maximum Gasteiger partial charge on any atom is 0.240 e. The predicted molar refractivity (Wildman–Crippen MR) is 72.3 cm³/mol. The Bertz CT molecular complexity index is 477. The zero-order valence-corrected chi connectivity index (χ0v) is 12.0.